The van der Waals surface area contributed by atoms with Gasteiger partial charge in [-0.05, 0) is 49.2 Å². The predicted molar refractivity (Wildman–Crippen MR) is 88.1 cm³/mol. The lowest BCUT2D eigenvalue weighted by molar-refractivity contribution is -0.120. The van der Waals surface area contributed by atoms with Crippen LogP contribution >= 0.6 is 0 Å². The Morgan fingerprint density at radius 3 is 2.27 bits per heavy atom. The van der Waals surface area contributed by atoms with Crippen molar-refractivity contribution in [3.63, 3.8) is 0 Å². The van der Waals surface area contributed by atoms with E-state index in [1.807, 2.05) is 42.5 Å². The summed E-state index contributed by atoms with van der Waals surface area (Å²) in [7, 11) is 0. The van der Waals surface area contributed by atoms with Crippen LogP contribution in [0.3, 0.4) is 0 Å². The van der Waals surface area contributed by atoms with Gasteiger partial charge in [0.15, 0.2) is 0 Å². The molecule has 1 amide bonds. The molecule has 0 aromatic heterocycles. The lowest BCUT2D eigenvalue weighted by atomic mass is 9.95. The molecule has 0 saturated carbocycles. The van der Waals surface area contributed by atoms with Crippen LogP contribution < -0.4 is 10.2 Å². The Bertz CT molecular complexity index is 617. The number of hydrogen-bond acceptors (Lipinski definition) is 3. The van der Waals surface area contributed by atoms with E-state index in [9.17, 15) is 9.90 Å². The van der Waals surface area contributed by atoms with Gasteiger partial charge >= 0.3 is 0 Å². The van der Waals surface area contributed by atoms with E-state index in [1.165, 1.54) is 0 Å². The first-order valence-corrected chi connectivity index (χ1v) is 7.62. The van der Waals surface area contributed by atoms with E-state index >= 15 is 0 Å². The van der Waals surface area contributed by atoms with Crippen LogP contribution in [-0.2, 0) is 4.79 Å². The minimum atomic E-state index is 0.0635. The van der Waals surface area contributed by atoms with Crippen molar-refractivity contribution >= 4 is 17.3 Å². The summed E-state index contributed by atoms with van der Waals surface area (Å²) in [6.45, 7) is 1.72. The highest BCUT2D eigenvalue weighted by molar-refractivity contribution is 5.92. The van der Waals surface area contributed by atoms with Gasteiger partial charge in [-0.15, -0.1) is 0 Å². The number of rotatable bonds is 3. The van der Waals surface area contributed by atoms with Gasteiger partial charge in [0.1, 0.15) is 5.75 Å². The zero-order valence-electron chi connectivity index (χ0n) is 12.4. The summed E-state index contributed by atoms with van der Waals surface area (Å²) in [6.07, 6.45) is 1.69. The second kappa shape index (κ2) is 6.52. The second-order valence-electron chi connectivity index (χ2n) is 5.63. The maximum absolute atomic E-state index is 12.3. The third kappa shape index (κ3) is 3.39. The number of nitrogens with one attached hydrogen (secondary N) is 1. The molecule has 0 radical (unpaired) electrons. The van der Waals surface area contributed by atoms with E-state index in [4.69, 9.17) is 0 Å². The molecule has 1 heterocycles. The number of aromatic hydroxyl groups is 1. The van der Waals surface area contributed by atoms with Gasteiger partial charge < -0.3 is 15.3 Å². The van der Waals surface area contributed by atoms with Gasteiger partial charge in [0.05, 0.1) is 0 Å². The lowest BCUT2D eigenvalue weighted by Gasteiger charge is -2.33. The maximum Gasteiger partial charge on any atom is 0.227 e. The molecule has 1 fully saturated rings. The number of anilines is 2. The van der Waals surface area contributed by atoms with Crippen LogP contribution in [0.25, 0.3) is 0 Å². The highest BCUT2D eigenvalue weighted by Gasteiger charge is 2.25. The van der Waals surface area contributed by atoms with Gasteiger partial charge in [-0.2, -0.15) is 0 Å². The van der Waals surface area contributed by atoms with Crippen molar-refractivity contribution in [2.24, 2.45) is 5.92 Å². The molecule has 0 bridgehead atoms. The Hall–Kier alpha value is -2.49. The number of amides is 1. The molecule has 3 rings (SSSR count). The average Bonchev–Trinajstić information content (AvgIpc) is 2.57. The van der Waals surface area contributed by atoms with Crippen molar-refractivity contribution < 1.29 is 9.90 Å². The zero-order chi connectivity index (χ0) is 15.4. The summed E-state index contributed by atoms with van der Waals surface area (Å²) in [5.74, 6) is 0.450. The van der Waals surface area contributed by atoms with Gasteiger partial charge in [0.25, 0.3) is 0 Å². The number of hydrogen-bond donors (Lipinski definition) is 2. The van der Waals surface area contributed by atoms with Gasteiger partial charge in [-0.25, -0.2) is 0 Å². The molecule has 1 aliphatic heterocycles. The summed E-state index contributed by atoms with van der Waals surface area (Å²) < 4.78 is 0. The average molecular weight is 296 g/mol. The maximum atomic E-state index is 12.3. The minimum absolute atomic E-state index is 0.0635. The molecule has 1 saturated heterocycles. The standard InChI is InChI=1S/C18H20N2O2/c21-17-8-6-16(7-9-17)20-12-10-14(11-13-20)18(22)19-15-4-2-1-3-5-15/h1-9,14,21H,10-13H2,(H,19,22). The first kappa shape index (κ1) is 14.4. The molecule has 4 heteroatoms. The van der Waals surface area contributed by atoms with Crippen LogP contribution in [0.15, 0.2) is 54.6 Å². The van der Waals surface area contributed by atoms with Gasteiger partial charge in [-0.1, -0.05) is 18.2 Å². The summed E-state index contributed by atoms with van der Waals surface area (Å²) in [4.78, 5) is 14.5. The zero-order valence-corrected chi connectivity index (χ0v) is 12.4. The van der Waals surface area contributed by atoms with Crippen LogP contribution in [0, 0.1) is 5.92 Å². The number of para-hydroxylation sites is 1. The number of nitrogens with zero attached hydrogens (tertiary/aromatic N) is 1. The molecule has 2 N–H and O–H groups in total. The van der Waals surface area contributed by atoms with E-state index in [2.05, 4.69) is 10.2 Å². The molecular formula is C18H20N2O2. The Labute approximate surface area is 130 Å². The van der Waals surface area contributed by atoms with Crippen LogP contribution in [0.2, 0.25) is 0 Å². The number of piperidine rings is 1. The smallest absolute Gasteiger partial charge is 0.227 e. The minimum Gasteiger partial charge on any atom is -0.508 e. The molecule has 2 aromatic rings. The molecule has 1 aliphatic rings. The van der Waals surface area contributed by atoms with Crippen molar-refractivity contribution in [2.75, 3.05) is 23.3 Å². The molecule has 0 spiro atoms. The van der Waals surface area contributed by atoms with Crippen molar-refractivity contribution in [3.8, 4) is 5.75 Å². The summed E-state index contributed by atoms with van der Waals surface area (Å²) in [6, 6.07) is 16.8. The quantitative estimate of drug-likeness (QED) is 0.914. The second-order valence-corrected chi connectivity index (χ2v) is 5.63. The summed E-state index contributed by atoms with van der Waals surface area (Å²) in [5, 5.41) is 12.3. The highest BCUT2D eigenvalue weighted by Crippen LogP contribution is 2.25. The Morgan fingerprint density at radius 1 is 1.00 bits per heavy atom. The van der Waals surface area contributed by atoms with Crippen molar-refractivity contribution in [1.82, 2.24) is 0 Å². The Balaban J connectivity index is 1.55. The van der Waals surface area contributed by atoms with Crippen molar-refractivity contribution in [2.45, 2.75) is 12.8 Å². The van der Waals surface area contributed by atoms with Crippen LogP contribution in [0.4, 0.5) is 11.4 Å². The first-order valence-electron chi connectivity index (χ1n) is 7.62. The fourth-order valence-electron chi connectivity index (χ4n) is 2.83. The molecule has 22 heavy (non-hydrogen) atoms. The number of carbonyl (C=O) groups is 1. The largest absolute Gasteiger partial charge is 0.508 e. The fraction of sp³-hybridized carbons (Fsp3) is 0.278. The van der Waals surface area contributed by atoms with E-state index in [1.54, 1.807) is 12.1 Å². The molecule has 4 nitrogen and oxygen atoms in total. The van der Waals surface area contributed by atoms with E-state index in [0.29, 0.717) is 0 Å². The molecule has 114 valence electrons. The van der Waals surface area contributed by atoms with E-state index in [0.717, 1.165) is 37.3 Å². The molecule has 0 unspecified atom stereocenters. The third-order valence-corrected chi connectivity index (χ3v) is 4.12. The van der Waals surface area contributed by atoms with Crippen LogP contribution in [0.1, 0.15) is 12.8 Å². The SMILES string of the molecule is O=C(Nc1ccccc1)C1CCN(c2ccc(O)cc2)CC1. The number of phenolic OH excluding ortho intramolecular Hbond substituents is 1. The molecule has 0 atom stereocenters. The summed E-state index contributed by atoms with van der Waals surface area (Å²) >= 11 is 0. The number of benzene rings is 2. The first-order chi connectivity index (χ1) is 10.7. The lowest BCUT2D eigenvalue weighted by Crippen LogP contribution is -2.38. The predicted octanol–water partition coefficient (Wildman–Crippen LogP) is 3.25. The molecule has 0 aliphatic carbocycles. The van der Waals surface area contributed by atoms with Crippen molar-refractivity contribution in [1.29, 1.82) is 0 Å². The van der Waals surface area contributed by atoms with Gasteiger partial charge in [0, 0.05) is 30.4 Å². The van der Waals surface area contributed by atoms with Crippen molar-refractivity contribution in [3.05, 3.63) is 54.6 Å². The van der Waals surface area contributed by atoms with E-state index < -0.39 is 0 Å². The fourth-order valence-corrected chi connectivity index (χ4v) is 2.83. The highest BCUT2D eigenvalue weighted by atomic mass is 16.3. The van der Waals surface area contributed by atoms with Gasteiger partial charge in [-0.3, -0.25) is 4.79 Å². The van der Waals surface area contributed by atoms with Gasteiger partial charge in [0.2, 0.25) is 5.91 Å². The number of carbonyl (C=O) groups excluding carboxylic acids is 1. The number of phenols is 1. The summed E-state index contributed by atoms with van der Waals surface area (Å²) in [5.41, 5.74) is 1.95. The monoisotopic (exact) mass is 296 g/mol. The topological polar surface area (TPSA) is 52.6 Å². The molecular weight excluding hydrogens is 276 g/mol. The Morgan fingerprint density at radius 2 is 1.64 bits per heavy atom. The van der Waals surface area contributed by atoms with Crippen LogP contribution in [0.5, 0.6) is 5.75 Å². The molecule has 2 aromatic carbocycles. The van der Waals surface area contributed by atoms with Crippen LogP contribution in [-0.4, -0.2) is 24.1 Å². The Kier molecular flexibility index (Phi) is 4.28. The normalized spacial score (nSPS) is 15.5. The third-order valence-electron chi connectivity index (χ3n) is 4.12. The van der Waals surface area contributed by atoms with E-state index in [-0.39, 0.29) is 17.6 Å².